The van der Waals surface area contributed by atoms with Gasteiger partial charge in [-0.2, -0.15) is 0 Å². The van der Waals surface area contributed by atoms with Crippen molar-refractivity contribution in [3.63, 3.8) is 0 Å². The molecule has 2 aromatic heterocycles. The molecule has 5 rings (SSSR count). The van der Waals surface area contributed by atoms with Gasteiger partial charge in [0.05, 0.1) is 11.9 Å². The Labute approximate surface area is 211 Å². The highest BCUT2D eigenvalue weighted by atomic mass is 79.9. The molecule has 1 aliphatic carbocycles. The van der Waals surface area contributed by atoms with Gasteiger partial charge in [0.15, 0.2) is 17.4 Å². The van der Waals surface area contributed by atoms with Crippen molar-refractivity contribution in [1.82, 2.24) is 19.9 Å². The molecule has 0 saturated carbocycles. The number of likely N-dealkylation sites (N-methyl/N-ethyl adjacent to an activating group) is 1. The van der Waals surface area contributed by atoms with Gasteiger partial charge in [0.2, 0.25) is 5.88 Å². The summed E-state index contributed by atoms with van der Waals surface area (Å²) in [7, 11) is 0. The molecule has 35 heavy (non-hydrogen) atoms. The van der Waals surface area contributed by atoms with Gasteiger partial charge in [0, 0.05) is 43.4 Å². The molecule has 0 spiro atoms. The molecule has 0 atom stereocenters. The molecule has 2 aliphatic rings. The molecule has 1 aliphatic heterocycles. The average molecular weight is 543 g/mol. The van der Waals surface area contributed by atoms with E-state index in [-0.39, 0.29) is 17.2 Å². The summed E-state index contributed by atoms with van der Waals surface area (Å²) in [6.45, 7) is 9.10. The summed E-state index contributed by atoms with van der Waals surface area (Å²) in [5.41, 5.74) is 2.53. The van der Waals surface area contributed by atoms with E-state index >= 15 is 0 Å². The first-order valence-electron chi connectivity index (χ1n) is 11.5. The zero-order valence-corrected chi connectivity index (χ0v) is 21.1. The maximum absolute atomic E-state index is 15.0. The molecule has 7 nitrogen and oxygen atoms in total. The molecular weight excluding hydrogens is 518 g/mol. The van der Waals surface area contributed by atoms with Crippen molar-refractivity contribution >= 4 is 39.3 Å². The number of aromatic nitrogens is 3. The van der Waals surface area contributed by atoms with Crippen molar-refractivity contribution in [3.05, 3.63) is 63.5 Å². The van der Waals surface area contributed by atoms with E-state index in [1.54, 1.807) is 6.08 Å². The van der Waals surface area contributed by atoms with Gasteiger partial charge in [-0.25, -0.2) is 23.7 Å². The van der Waals surface area contributed by atoms with E-state index in [2.05, 4.69) is 52.9 Å². The molecule has 10 heteroatoms. The van der Waals surface area contributed by atoms with Gasteiger partial charge in [-0.3, -0.25) is 0 Å². The van der Waals surface area contributed by atoms with E-state index in [0.29, 0.717) is 28.1 Å². The monoisotopic (exact) mass is 542 g/mol. The molecule has 182 valence electrons. The topological polar surface area (TPSA) is 66.4 Å². The van der Waals surface area contributed by atoms with E-state index in [0.717, 1.165) is 50.1 Å². The standard InChI is InChI=1S/C25H25BrF2N6O/c1-3-33-6-8-34(9-7-33)16-4-5-21(29-13-16)32-24-22(26)25(31-14-30-24)35-20-12-19(27)17-10-15(2)11-18(17)23(20)28/h4-5,11-14H,3,6-10H2,1-2H3,(H,29,30,31,32). The predicted octanol–water partition coefficient (Wildman–Crippen LogP) is 5.55. The van der Waals surface area contributed by atoms with Crippen molar-refractivity contribution in [1.29, 1.82) is 0 Å². The van der Waals surface area contributed by atoms with E-state index in [1.807, 2.05) is 25.3 Å². The van der Waals surface area contributed by atoms with Gasteiger partial charge >= 0.3 is 0 Å². The lowest BCUT2D eigenvalue weighted by Gasteiger charge is -2.35. The highest BCUT2D eigenvalue weighted by molar-refractivity contribution is 9.10. The van der Waals surface area contributed by atoms with Crippen LogP contribution in [0.3, 0.4) is 0 Å². The fourth-order valence-electron chi connectivity index (χ4n) is 4.35. The Morgan fingerprint density at radius 1 is 1.11 bits per heavy atom. The Balaban J connectivity index is 1.32. The van der Waals surface area contributed by atoms with Crippen LogP contribution >= 0.6 is 15.9 Å². The number of hydrogen-bond acceptors (Lipinski definition) is 7. The van der Waals surface area contributed by atoms with Crippen LogP contribution in [0.4, 0.5) is 26.1 Å². The van der Waals surface area contributed by atoms with Gasteiger partial charge < -0.3 is 19.9 Å². The third-order valence-corrected chi connectivity index (χ3v) is 7.03. The summed E-state index contributed by atoms with van der Waals surface area (Å²) in [6.07, 6.45) is 5.15. The number of rotatable bonds is 6. The van der Waals surface area contributed by atoms with Crippen LogP contribution in [0.1, 0.15) is 25.0 Å². The van der Waals surface area contributed by atoms with E-state index < -0.39 is 11.6 Å². The summed E-state index contributed by atoms with van der Waals surface area (Å²) < 4.78 is 35.6. The van der Waals surface area contributed by atoms with E-state index in [1.165, 1.54) is 6.33 Å². The van der Waals surface area contributed by atoms with Crippen molar-refractivity contribution in [3.8, 4) is 11.6 Å². The first kappa shape index (κ1) is 23.6. The number of piperazine rings is 1. The molecule has 3 aromatic rings. The number of anilines is 3. The quantitative estimate of drug-likeness (QED) is 0.438. The lowest BCUT2D eigenvalue weighted by molar-refractivity contribution is 0.271. The second-order valence-corrected chi connectivity index (χ2v) is 9.41. The summed E-state index contributed by atoms with van der Waals surface area (Å²) in [5, 5.41) is 3.12. The second-order valence-electron chi connectivity index (χ2n) is 8.62. The zero-order chi connectivity index (χ0) is 24.5. The van der Waals surface area contributed by atoms with Gasteiger partial charge in [0.1, 0.15) is 22.4 Å². The minimum Gasteiger partial charge on any atom is -0.434 e. The predicted molar refractivity (Wildman–Crippen MR) is 135 cm³/mol. The minimum absolute atomic E-state index is 0.0601. The van der Waals surface area contributed by atoms with Crippen LogP contribution in [-0.4, -0.2) is 52.6 Å². The van der Waals surface area contributed by atoms with Crippen molar-refractivity contribution in [2.75, 3.05) is 42.9 Å². The van der Waals surface area contributed by atoms with Crippen LogP contribution in [0.2, 0.25) is 0 Å². The molecule has 1 saturated heterocycles. The van der Waals surface area contributed by atoms with Gasteiger partial charge in [-0.15, -0.1) is 0 Å². The number of nitrogens with one attached hydrogen (secondary N) is 1. The number of allylic oxidation sites excluding steroid dienone is 1. The Hall–Kier alpha value is -3.11. The van der Waals surface area contributed by atoms with Crippen LogP contribution in [-0.2, 0) is 6.42 Å². The molecule has 1 aromatic carbocycles. The first-order valence-corrected chi connectivity index (χ1v) is 12.3. The van der Waals surface area contributed by atoms with Gasteiger partial charge in [-0.1, -0.05) is 18.6 Å². The third-order valence-electron chi connectivity index (χ3n) is 6.31. The maximum Gasteiger partial charge on any atom is 0.239 e. The number of pyridine rings is 1. The van der Waals surface area contributed by atoms with Crippen LogP contribution in [0.15, 0.2) is 40.8 Å². The first-order chi connectivity index (χ1) is 16.9. The SMILES string of the molecule is CCN1CCN(c2ccc(Nc3ncnc(Oc4cc(F)c5c(c4F)C=C(C)C5)c3Br)nc2)CC1. The average Bonchev–Trinajstić information content (AvgIpc) is 3.28. The number of hydrogen-bond donors (Lipinski definition) is 1. The highest BCUT2D eigenvalue weighted by Gasteiger charge is 2.24. The third kappa shape index (κ3) is 4.85. The van der Waals surface area contributed by atoms with Crippen LogP contribution in [0.25, 0.3) is 6.08 Å². The summed E-state index contributed by atoms with van der Waals surface area (Å²) in [4.78, 5) is 17.6. The lowest BCUT2D eigenvalue weighted by atomic mass is 10.1. The number of ether oxygens (including phenoxy) is 1. The molecule has 0 unspecified atom stereocenters. The summed E-state index contributed by atoms with van der Waals surface area (Å²) in [6, 6.07) is 4.95. The van der Waals surface area contributed by atoms with Crippen LogP contribution in [0, 0.1) is 11.6 Å². The number of benzene rings is 1. The summed E-state index contributed by atoms with van der Waals surface area (Å²) in [5.74, 6) is -0.317. The minimum atomic E-state index is -0.615. The number of halogens is 3. The molecule has 3 heterocycles. The Morgan fingerprint density at radius 2 is 1.91 bits per heavy atom. The zero-order valence-electron chi connectivity index (χ0n) is 19.5. The Bertz CT molecular complexity index is 1280. The number of nitrogens with zero attached hydrogens (tertiary/aromatic N) is 5. The normalized spacial score (nSPS) is 15.7. The fourth-order valence-corrected chi connectivity index (χ4v) is 4.73. The molecule has 0 radical (unpaired) electrons. The summed E-state index contributed by atoms with van der Waals surface area (Å²) >= 11 is 3.42. The molecule has 1 N–H and O–H groups in total. The maximum atomic E-state index is 15.0. The van der Waals surface area contributed by atoms with Crippen molar-refractivity contribution in [2.24, 2.45) is 0 Å². The lowest BCUT2D eigenvalue weighted by Crippen LogP contribution is -2.46. The van der Waals surface area contributed by atoms with Gasteiger partial charge in [0.25, 0.3) is 0 Å². The number of fused-ring (bicyclic) bond motifs is 1. The molecule has 1 fully saturated rings. The van der Waals surface area contributed by atoms with E-state index in [9.17, 15) is 8.78 Å². The second kappa shape index (κ2) is 9.87. The molecular formula is C25H25BrF2N6O. The van der Waals surface area contributed by atoms with Crippen LogP contribution < -0.4 is 15.0 Å². The van der Waals surface area contributed by atoms with Crippen molar-refractivity contribution < 1.29 is 13.5 Å². The van der Waals surface area contributed by atoms with Crippen molar-refractivity contribution in [2.45, 2.75) is 20.3 Å². The van der Waals surface area contributed by atoms with Gasteiger partial charge in [-0.05, 0) is 48.0 Å². The van der Waals surface area contributed by atoms with Crippen LogP contribution in [0.5, 0.6) is 11.6 Å². The fraction of sp³-hybridized carbons (Fsp3) is 0.320. The molecule has 0 bridgehead atoms. The molecule has 0 amide bonds. The Morgan fingerprint density at radius 3 is 2.63 bits per heavy atom. The highest BCUT2D eigenvalue weighted by Crippen LogP contribution is 2.38. The van der Waals surface area contributed by atoms with E-state index in [4.69, 9.17) is 4.74 Å². The largest absolute Gasteiger partial charge is 0.434 e. The Kier molecular flexibility index (Phi) is 6.66. The smallest absolute Gasteiger partial charge is 0.239 e.